The Morgan fingerprint density at radius 2 is 1.63 bits per heavy atom. The van der Waals surface area contributed by atoms with Gasteiger partial charge in [0.05, 0.1) is 0 Å². The molecule has 1 aliphatic carbocycles. The second-order valence-corrected chi connectivity index (χ2v) is 7.10. The van der Waals surface area contributed by atoms with Crippen molar-refractivity contribution >= 4 is 11.8 Å². The lowest BCUT2D eigenvalue weighted by Crippen LogP contribution is -2.47. The van der Waals surface area contributed by atoms with E-state index in [0.717, 1.165) is 48.0 Å². The fourth-order valence-corrected chi connectivity index (χ4v) is 3.24. The molecule has 0 unspecified atom stereocenters. The number of alkyl halides is 3. The molecule has 1 aliphatic heterocycles. The summed E-state index contributed by atoms with van der Waals surface area (Å²) in [5.41, 5.74) is 1.14. The SMILES string of the molecule is Cc1nc(C2CC2)nc(N2CCN(c3nccc(C(F)(F)F)n3)CC2)c1C. The van der Waals surface area contributed by atoms with Crippen molar-refractivity contribution in [2.45, 2.75) is 38.8 Å². The minimum Gasteiger partial charge on any atom is -0.353 e. The monoisotopic (exact) mass is 378 g/mol. The van der Waals surface area contributed by atoms with Crippen molar-refractivity contribution in [3.63, 3.8) is 0 Å². The fraction of sp³-hybridized carbons (Fsp3) is 0.556. The Hall–Kier alpha value is -2.45. The summed E-state index contributed by atoms with van der Waals surface area (Å²) in [6.45, 7) is 6.41. The number of hydrogen-bond acceptors (Lipinski definition) is 6. The first-order valence-corrected chi connectivity index (χ1v) is 9.08. The first-order chi connectivity index (χ1) is 12.8. The molecule has 144 valence electrons. The van der Waals surface area contributed by atoms with Gasteiger partial charge in [0.2, 0.25) is 5.95 Å². The summed E-state index contributed by atoms with van der Waals surface area (Å²) in [4.78, 5) is 21.1. The van der Waals surface area contributed by atoms with E-state index in [0.29, 0.717) is 32.1 Å². The van der Waals surface area contributed by atoms with E-state index in [9.17, 15) is 13.2 Å². The van der Waals surface area contributed by atoms with E-state index in [-0.39, 0.29) is 5.95 Å². The molecule has 0 N–H and O–H groups in total. The van der Waals surface area contributed by atoms with E-state index in [2.05, 4.69) is 19.9 Å². The number of aryl methyl sites for hydroxylation is 1. The van der Waals surface area contributed by atoms with Crippen LogP contribution in [-0.2, 0) is 6.18 Å². The topological polar surface area (TPSA) is 58.0 Å². The summed E-state index contributed by atoms with van der Waals surface area (Å²) in [6.07, 6.45) is -1.02. The van der Waals surface area contributed by atoms with Crippen LogP contribution in [-0.4, -0.2) is 46.1 Å². The summed E-state index contributed by atoms with van der Waals surface area (Å²) in [6, 6.07) is 0.895. The molecule has 9 heteroatoms. The lowest BCUT2D eigenvalue weighted by atomic mass is 10.2. The number of rotatable bonds is 3. The third-order valence-electron chi connectivity index (χ3n) is 5.12. The van der Waals surface area contributed by atoms with Gasteiger partial charge in [0.15, 0.2) is 0 Å². The van der Waals surface area contributed by atoms with Crippen LogP contribution in [0, 0.1) is 13.8 Å². The van der Waals surface area contributed by atoms with Crippen molar-refractivity contribution in [2.75, 3.05) is 36.0 Å². The van der Waals surface area contributed by atoms with Gasteiger partial charge < -0.3 is 9.80 Å². The van der Waals surface area contributed by atoms with Gasteiger partial charge in [-0.25, -0.2) is 19.9 Å². The van der Waals surface area contributed by atoms with Gasteiger partial charge in [-0.05, 0) is 32.8 Å². The second kappa shape index (κ2) is 6.61. The maximum atomic E-state index is 12.9. The van der Waals surface area contributed by atoms with Crippen LogP contribution in [0.25, 0.3) is 0 Å². The van der Waals surface area contributed by atoms with Crippen molar-refractivity contribution in [2.24, 2.45) is 0 Å². The molecule has 1 saturated heterocycles. The van der Waals surface area contributed by atoms with Crippen LogP contribution < -0.4 is 9.80 Å². The molecule has 27 heavy (non-hydrogen) atoms. The highest BCUT2D eigenvalue weighted by Gasteiger charge is 2.34. The highest BCUT2D eigenvalue weighted by molar-refractivity contribution is 5.50. The van der Waals surface area contributed by atoms with Crippen LogP contribution in [0.2, 0.25) is 0 Å². The predicted molar refractivity (Wildman–Crippen MR) is 94.9 cm³/mol. The third-order valence-corrected chi connectivity index (χ3v) is 5.12. The van der Waals surface area contributed by atoms with E-state index in [1.54, 1.807) is 4.90 Å². The minimum atomic E-state index is -4.46. The first kappa shape index (κ1) is 17.9. The quantitative estimate of drug-likeness (QED) is 0.818. The number of nitrogens with zero attached hydrogens (tertiary/aromatic N) is 6. The summed E-state index contributed by atoms with van der Waals surface area (Å²) in [7, 11) is 0. The lowest BCUT2D eigenvalue weighted by molar-refractivity contribution is -0.141. The van der Waals surface area contributed by atoms with E-state index >= 15 is 0 Å². The normalized spacial score (nSPS) is 18.1. The Morgan fingerprint density at radius 1 is 0.963 bits per heavy atom. The molecule has 2 aromatic rings. The Kier molecular flexibility index (Phi) is 4.39. The van der Waals surface area contributed by atoms with Crippen LogP contribution >= 0.6 is 0 Å². The zero-order valence-corrected chi connectivity index (χ0v) is 15.3. The van der Waals surface area contributed by atoms with Crippen molar-refractivity contribution in [1.82, 2.24) is 19.9 Å². The highest BCUT2D eigenvalue weighted by Crippen LogP contribution is 2.39. The van der Waals surface area contributed by atoms with Crippen molar-refractivity contribution in [3.05, 3.63) is 35.0 Å². The molecule has 0 amide bonds. The van der Waals surface area contributed by atoms with Gasteiger partial charge in [-0.15, -0.1) is 0 Å². The fourth-order valence-electron chi connectivity index (χ4n) is 3.24. The largest absolute Gasteiger partial charge is 0.433 e. The van der Waals surface area contributed by atoms with Crippen molar-refractivity contribution in [1.29, 1.82) is 0 Å². The Labute approximate surface area is 155 Å². The summed E-state index contributed by atoms with van der Waals surface area (Å²) >= 11 is 0. The molecule has 3 heterocycles. The zero-order valence-electron chi connectivity index (χ0n) is 15.3. The molecule has 4 rings (SSSR count). The highest BCUT2D eigenvalue weighted by atomic mass is 19.4. The molecular formula is C18H21F3N6. The van der Waals surface area contributed by atoms with Crippen LogP contribution in [0.5, 0.6) is 0 Å². The van der Waals surface area contributed by atoms with Gasteiger partial charge in [0, 0.05) is 49.6 Å². The Balaban J connectivity index is 1.50. The first-order valence-electron chi connectivity index (χ1n) is 9.08. The molecule has 0 radical (unpaired) electrons. The van der Waals surface area contributed by atoms with Gasteiger partial charge in [-0.1, -0.05) is 0 Å². The molecule has 0 spiro atoms. The van der Waals surface area contributed by atoms with Gasteiger partial charge in [0.1, 0.15) is 17.3 Å². The van der Waals surface area contributed by atoms with Crippen LogP contribution in [0.1, 0.15) is 41.5 Å². The standard InChI is InChI=1S/C18H21F3N6/c1-11-12(2)23-15(13-3-4-13)25-16(11)26-7-9-27(10-8-26)17-22-6-5-14(24-17)18(19,20)21/h5-6,13H,3-4,7-10H2,1-2H3. The average Bonchev–Trinajstić information content (AvgIpc) is 3.49. The summed E-state index contributed by atoms with van der Waals surface area (Å²) in [5.74, 6) is 2.45. The molecule has 2 aromatic heterocycles. The summed E-state index contributed by atoms with van der Waals surface area (Å²) < 4.78 is 38.6. The second-order valence-electron chi connectivity index (χ2n) is 7.10. The average molecular weight is 378 g/mol. The molecule has 1 saturated carbocycles. The number of aromatic nitrogens is 4. The molecular weight excluding hydrogens is 357 g/mol. The predicted octanol–water partition coefficient (Wildman–Crippen LogP) is 3.11. The maximum absolute atomic E-state index is 12.9. The molecule has 2 aliphatic rings. The maximum Gasteiger partial charge on any atom is 0.433 e. The van der Waals surface area contributed by atoms with E-state index < -0.39 is 11.9 Å². The molecule has 0 atom stereocenters. The number of hydrogen-bond donors (Lipinski definition) is 0. The van der Waals surface area contributed by atoms with E-state index in [4.69, 9.17) is 4.98 Å². The number of halogens is 3. The smallest absolute Gasteiger partial charge is 0.353 e. The minimum absolute atomic E-state index is 0.124. The number of piperazine rings is 1. The van der Waals surface area contributed by atoms with Crippen LogP contribution in [0.15, 0.2) is 12.3 Å². The van der Waals surface area contributed by atoms with Gasteiger partial charge in [0.25, 0.3) is 0 Å². The van der Waals surface area contributed by atoms with Crippen LogP contribution in [0.3, 0.4) is 0 Å². The Morgan fingerprint density at radius 3 is 2.26 bits per heavy atom. The number of anilines is 2. The Bertz CT molecular complexity index is 841. The van der Waals surface area contributed by atoms with Crippen molar-refractivity contribution in [3.8, 4) is 0 Å². The molecule has 0 bridgehead atoms. The van der Waals surface area contributed by atoms with E-state index in [1.807, 2.05) is 13.8 Å². The van der Waals surface area contributed by atoms with Gasteiger partial charge in [-0.2, -0.15) is 13.2 Å². The third kappa shape index (κ3) is 3.68. The van der Waals surface area contributed by atoms with E-state index in [1.165, 1.54) is 0 Å². The molecule has 2 fully saturated rings. The molecule has 6 nitrogen and oxygen atoms in total. The van der Waals surface area contributed by atoms with Gasteiger partial charge >= 0.3 is 6.18 Å². The van der Waals surface area contributed by atoms with Crippen LogP contribution in [0.4, 0.5) is 24.9 Å². The van der Waals surface area contributed by atoms with Crippen molar-refractivity contribution < 1.29 is 13.2 Å². The lowest BCUT2D eigenvalue weighted by Gasteiger charge is -2.36. The molecule has 0 aromatic carbocycles. The summed E-state index contributed by atoms with van der Waals surface area (Å²) in [5, 5.41) is 0. The zero-order chi connectivity index (χ0) is 19.2. The van der Waals surface area contributed by atoms with Gasteiger partial charge in [-0.3, -0.25) is 0 Å².